The normalized spacial score (nSPS) is 22.5. The van der Waals surface area contributed by atoms with Crippen molar-refractivity contribution in [1.82, 2.24) is 9.80 Å². The Morgan fingerprint density at radius 1 is 0.906 bits per heavy atom. The Morgan fingerprint density at radius 2 is 1.56 bits per heavy atom. The number of carbonyl (C=O) groups is 2. The van der Waals surface area contributed by atoms with Crippen LogP contribution in [0, 0.1) is 0 Å². The lowest BCUT2D eigenvalue weighted by atomic mass is 9.81. The summed E-state index contributed by atoms with van der Waals surface area (Å²) in [4.78, 5) is 30.3. The van der Waals surface area contributed by atoms with Crippen molar-refractivity contribution in [3.05, 3.63) is 71.8 Å². The highest BCUT2D eigenvalue weighted by molar-refractivity contribution is 5.94. The SMILES string of the molecule is O=C(Cc1ccccc1)N1CCC2(CC1)CC(N(C(=O)c1ccccc1)C1CC1)CCO2. The Kier molecular flexibility index (Phi) is 6.01. The molecule has 5 rings (SSSR count). The molecule has 1 aliphatic carbocycles. The van der Waals surface area contributed by atoms with E-state index in [2.05, 4.69) is 4.90 Å². The lowest BCUT2D eigenvalue weighted by Crippen LogP contribution is -2.56. The van der Waals surface area contributed by atoms with E-state index in [0.29, 0.717) is 19.1 Å². The van der Waals surface area contributed by atoms with Gasteiger partial charge in [-0.1, -0.05) is 48.5 Å². The van der Waals surface area contributed by atoms with Crippen molar-refractivity contribution in [2.75, 3.05) is 19.7 Å². The van der Waals surface area contributed by atoms with Crippen LogP contribution in [-0.2, 0) is 16.0 Å². The van der Waals surface area contributed by atoms with Crippen LogP contribution in [0.15, 0.2) is 60.7 Å². The van der Waals surface area contributed by atoms with E-state index in [1.807, 2.05) is 65.6 Å². The minimum atomic E-state index is -0.212. The Hall–Kier alpha value is -2.66. The minimum absolute atomic E-state index is 0.158. The largest absolute Gasteiger partial charge is 0.375 e. The molecule has 1 spiro atoms. The summed E-state index contributed by atoms with van der Waals surface area (Å²) in [6, 6.07) is 20.2. The van der Waals surface area contributed by atoms with E-state index in [-0.39, 0.29) is 23.5 Å². The highest BCUT2D eigenvalue weighted by Crippen LogP contribution is 2.40. The summed E-state index contributed by atoms with van der Waals surface area (Å²) in [7, 11) is 0. The molecule has 0 radical (unpaired) electrons. The van der Waals surface area contributed by atoms with E-state index in [1.165, 1.54) is 0 Å². The average molecular weight is 433 g/mol. The van der Waals surface area contributed by atoms with E-state index in [4.69, 9.17) is 4.74 Å². The molecular formula is C27H32N2O3. The third-order valence-corrected chi connectivity index (χ3v) is 7.28. The third kappa shape index (κ3) is 4.58. The number of hydrogen-bond donors (Lipinski definition) is 0. The summed E-state index contributed by atoms with van der Waals surface area (Å²) in [5, 5.41) is 0. The van der Waals surface area contributed by atoms with Crippen LogP contribution < -0.4 is 0 Å². The average Bonchev–Trinajstić information content (AvgIpc) is 3.66. The second kappa shape index (κ2) is 9.07. The van der Waals surface area contributed by atoms with Crippen molar-refractivity contribution in [2.45, 2.75) is 62.6 Å². The molecule has 2 aromatic rings. The zero-order valence-corrected chi connectivity index (χ0v) is 18.6. The van der Waals surface area contributed by atoms with Gasteiger partial charge < -0.3 is 14.5 Å². The minimum Gasteiger partial charge on any atom is -0.375 e. The fourth-order valence-corrected chi connectivity index (χ4v) is 5.35. The first-order valence-corrected chi connectivity index (χ1v) is 12.0. The molecule has 2 saturated heterocycles. The predicted molar refractivity (Wildman–Crippen MR) is 123 cm³/mol. The molecule has 2 aliphatic heterocycles. The van der Waals surface area contributed by atoms with Crippen LogP contribution in [0.4, 0.5) is 0 Å². The lowest BCUT2D eigenvalue weighted by molar-refractivity contribution is -0.147. The first kappa shape index (κ1) is 21.2. The molecule has 168 valence electrons. The number of likely N-dealkylation sites (tertiary alicyclic amines) is 1. The van der Waals surface area contributed by atoms with E-state index in [1.54, 1.807) is 0 Å². The molecule has 1 atom stereocenters. The van der Waals surface area contributed by atoms with Gasteiger partial charge in [-0.2, -0.15) is 0 Å². The molecule has 0 aromatic heterocycles. The molecule has 2 amide bonds. The monoisotopic (exact) mass is 432 g/mol. The zero-order chi connectivity index (χ0) is 22.0. The lowest BCUT2D eigenvalue weighted by Gasteiger charge is -2.48. The van der Waals surface area contributed by atoms with Crippen LogP contribution in [0.25, 0.3) is 0 Å². The van der Waals surface area contributed by atoms with Crippen molar-refractivity contribution in [3.63, 3.8) is 0 Å². The van der Waals surface area contributed by atoms with Crippen molar-refractivity contribution in [2.24, 2.45) is 0 Å². The van der Waals surface area contributed by atoms with Gasteiger partial charge in [0.1, 0.15) is 0 Å². The summed E-state index contributed by atoms with van der Waals surface area (Å²) in [6.45, 7) is 2.15. The molecule has 32 heavy (non-hydrogen) atoms. The highest BCUT2D eigenvalue weighted by atomic mass is 16.5. The van der Waals surface area contributed by atoms with Gasteiger partial charge in [0.05, 0.1) is 12.0 Å². The van der Waals surface area contributed by atoms with Crippen molar-refractivity contribution >= 4 is 11.8 Å². The quantitative estimate of drug-likeness (QED) is 0.716. The van der Waals surface area contributed by atoms with Crippen LogP contribution in [0.1, 0.15) is 54.4 Å². The summed E-state index contributed by atoms with van der Waals surface area (Å²) >= 11 is 0. The van der Waals surface area contributed by atoms with Gasteiger partial charge in [-0.15, -0.1) is 0 Å². The molecule has 0 bridgehead atoms. The molecule has 0 N–H and O–H groups in total. The first-order chi connectivity index (χ1) is 15.6. The number of amides is 2. The molecule has 3 aliphatic rings. The maximum Gasteiger partial charge on any atom is 0.254 e. The predicted octanol–water partition coefficient (Wildman–Crippen LogP) is 4.07. The topological polar surface area (TPSA) is 49.9 Å². The molecule has 2 aromatic carbocycles. The second-order valence-corrected chi connectivity index (χ2v) is 9.53. The van der Waals surface area contributed by atoms with Crippen molar-refractivity contribution in [1.29, 1.82) is 0 Å². The summed E-state index contributed by atoms with van der Waals surface area (Å²) < 4.78 is 6.34. The zero-order valence-electron chi connectivity index (χ0n) is 18.6. The Morgan fingerprint density at radius 3 is 2.22 bits per heavy atom. The highest BCUT2D eigenvalue weighted by Gasteiger charge is 2.46. The fraction of sp³-hybridized carbons (Fsp3) is 0.481. The number of ether oxygens (including phenoxy) is 1. The van der Waals surface area contributed by atoms with Crippen LogP contribution in [0.5, 0.6) is 0 Å². The van der Waals surface area contributed by atoms with Crippen LogP contribution in [0.3, 0.4) is 0 Å². The van der Waals surface area contributed by atoms with Gasteiger partial charge in [0.15, 0.2) is 0 Å². The summed E-state index contributed by atoms with van der Waals surface area (Å²) in [5.41, 5.74) is 1.63. The summed E-state index contributed by atoms with van der Waals surface area (Å²) in [5.74, 6) is 0.350. The van der Waals surface area contributed by atoms with Crippen LogP contribution in [0.2, 0.25) is 0 Å². The molecular weight excluding hydrogens is 400 g/mol. The van der Waals surface area contributed by atoms with E-state index >= 15 is 0 Å². The van der Waals surface area contributed by atoms with E-state index in [9.17, 15) is 9.59 Å². The molecule has 3 fully saturated rings. The standard InChI is InChI=1S/C27H32N2O3/c30-25(19-21-7-3-1-4-8-21)28-16-14-27(15-17-28)20-24(13-18-32-27)29(23-11-12-23)26(31)22-9-5-2-6-10-22/h1-10,23-24H,11-20H2. The third-order valence-electron chi connectivity index (χ3n) is 7.28. The first-order valence-electron chi connectivity index (χ1n) is 12.0. The van der Waals surface area contributed by atoms with Crippen LogP contribution in [-0.4, -0.2) is 59.0 Å². The van der Waals surface area contributed by atoms with Crippen molar-refractivity contribution in [3.8, 4) is 0 Å². The number of rotatable bonds is 5. The number of nitrogens with zero attached hydrogens (tertiary/aromatic N) is 2. The van der Waals surface area contributed by atoms with Gasteiger partial charge in [-0.25, -0.2) is 0 Å². The smallest absolute Gasteiger partial charge is 0.254 e. The molecule has 5 heteroatoms. The van der Waals surface area contributed by atoms with Gasteiger partial charge >= 0.3 is 0 Å². The Bertz CT molecular complexity index is 934. The van der Waals surface area contributed by atoms with E-state index in [0.717, 1.165) is 62.7 Å². The molecule has 2 heterocycles. The molecule has 1 unspecified atom stereocenters. The van der Waals surface area contributed by atoms with Gasteiger partial charge in [0.2, 0.25) is 5.91 Å². The molecule has 1 saturated carbocycles. The Labute approximate surface area is 190 Å². The van der Waals surface area contributed by atoms with Crippen LogP contribution >= 0.6 is 0 Å². The van der Waals surface area contributed by atoms with Gasteiger partial charge in [0.25, 0.3) is 5.91 Å². The summed E-state index contributed by atoms with van der Waals surface area (Å²) in [6.07, 6.45) is 6.13. The Balaban J connectivity index is 1.23. The van der Waals surface area contributed by atoms with E-state index < -0.39 is 0 Å². The fourth-order valence-electron chi connectivity index (χ4n) is 5.35. The number of carbonyl (C=O) groups excluding carboxylic acids is 2. The maximum atomic E-state index is 13.3. The van der Waals surface area contributed by atoms with Gasteiger partial charge in [0, 0.05) is 37.3 Å². The van der Waals surface area contributed by atoms with Gasteiger partial charge in [-0.05, 0) is 56.2 Å². The number of piperidine rings is 1. The maximum absolute atomic E-state index is 13.3. The number of benzene rings is 2. The number of hydrogen-bond acceptors (Lipinski definition) is 3. The second-order valence-electron chi connectivity index (χ2n) is 9.53. The van der Waals surface area contributed by atoms with Crippen molar-refractivity contribution < 1.29 is 14.3 Å². The van der Waals surface area contributed by atoms with Gasteiger partial charge in [-0.3, -0.25) is 9.59 Å². The molecule has 5 nitrogen and oxygen atoms in total.